The summed E-state index contributed by atoms with van der Waals surface area (Å²) >= 11 is 1.70. The third kappa shape index (κ3) is 18.3. The number of carbonyl (C=O) groups is 6. The second-order valence-corrected chi connectivity index (χ2v) is 12.5. The van der Waals surface area contributed by atoms with Gasteiger partial charge in [-0.15, -0.1) is 0 Å². The zero-order valence-electron chi connectivity index (χ0n) is 23.8. The molecule has 0 saturated heterocycles. The Morgan fingerprint density at radius 3 is 0.829 bits per heavy atom. The predicted octanol–water partition coefficient (Wildman–Crippen LogP) is 4.31. The summed E-state index contributed by atoms with van der Waals surface area (Å²) in [5.74, 6) is -4.93. The van der Waals surface area contributed by atoms with Crippen LogP contribution in [0.1, 0.15) is 96.9 Å². The molecular formula is C25H43O9Ti. The molecule has 0 amide bonds. The van der Waals surface area contributed by atoms with Crippen LogP contribution < -0.4 is 0 Å². The molecule has 0 N–H and O–H groups in total. The van der Waals surface area contributed by atoms with Crippen molar-refractivity contribution < 1.29 is 62.4 Å². The topological polar surface area (TPSA) is 130 Å². The molecule has 0 unspecified atom stereocenters. The van der Waals surface area contributed by atoms with E-state index < -0.39 is 57.1 Å². The van der Waals surface area contributed by atoms with Crippen molar-refractivity contribution in [1.29, 1.82) is 0 Å². The van der Waals surface area contributed by atoms with Crippen LogP contribution >= 0.6 is 0 Å². The molecule has 0 spiro atoms. The second-order valence-electron chi connectivity index (χ2n) is 12.2. The van der Waals surface area contributed by atoms with Gasteiger partial charge in [0.2, 0.25) is 11.6 Å². The first-order valence-corrected chi connectivity index (χ1v) is 11.8. The van der Waals surface area contributed by atoms with E-state index in [0.29, 0.717) is 6.10 Å². The Hall–Kier alpha value is -1.71. The second kappa shape index (κ2) is 14.8. The van der Waals surface area contributed by atoms with Crippen molar-refractivity contribution in [2.24, 2.45) is 21.7 Å². The Bertz CT molecular complexity index is 707. The van der Waals surface area contributed by atoms with Crippen LogP contribution in [-0.2, 0) is 62.4 Å². The molecular weight excluding hydrogens is 492 g/mol. The van der Waals surface area contributed by atoms with E-state index in [9.17, 15) is 28.8 Å². The normalized spacial score (nSPS) is 11.7. The van der Waals surface area contributed by atoms with Crippen molar-refractivity contribution in [2.75, 3.05) is 0 Å². The van der Waals surface area contributed by atoms with E-state index in [1.54, 1.807) is 104 Å². The van der Waals surface area contributed by atoms with Crippen LogP contribution in [0.25, 0.3) is 0 Å². The first-order chi connectivity index (χ1) is 15.2. The van der Waals surface area contributed by atoms with Gasteiger partial charge in [-0.05, 0) is 41.5 Å². The van der Waals surface area contributed by atoms with Crippen LogP contribution in [0.3, 0.4) is 0 Å². The van der Waals surface area contributed by atoms with E-state index in [1.165, 1.54) is 0 Å². The summed E-state index contributed by atoms with van der Waals surface area (Å²) in [5.41, 5.74) is -3.22. The van der Waals surface area contributed by atoms with E-state index >= 15 is 0 Å². The van der Waals surface area contributed by atoms with Gasteiger partial charge in [-0.1, -0.05) is 41.5 Å². The first kappa shape index (κ1) is 37.8. The van der Waals surface area contributed by atoms with E-state index in [4.69, 9.17) is 3.32 Å². The summed E-state index contributed by atoms with van der Waals surface area (Å²) in [4.78, 5) is 67.9. The fourth-order valence-corrected chi connectivity index (χ4v) is 1.18. The SMILES string of the molecule is CC(C)(C)C(=O)OC(=O)C(=O)C(C)(C)C.CC(C)(C)C(=O)OC(=O)C(=O)C(C)(C)C.CC(C)[O][Ti]. The fourth-order valence-electron chi connectivity index (χ4n) is 1.18. The van der Waals surface area contributed by atoms with E-state index in [-0.39, 0.29) is 0 Å². The van der Waals surface area contributed by atoms with Crippen LogP contribution in [0.2, 0.25) is 0 Å². The Morgan fingerprint density at radius 2 is 0.714 bits per heavy atom. The molecule has 0 aliphatic carbocycles. The third-order valence-electron chi connectivity index (χ3n) is 3.56. The van der Waals surface area contributed by atoms with Crippen molar-refractivity contribution in [2.45, 2.75) is 103 Å². The van der Waals surface area contributed by atoms with Crippen LogP contribution in [-0.4, -0.2) is 41.5 Å². The van der Waals surface area contributed by atoms with Crippen LogP contribution in [0.5, 0.6) is 0 Å². The Morgan fingerprint density at radius 1 is 0.514 bits per heavy atom. The van der Waals surface area contributed by atoms with E-state index in [2.05, 4.69) is 9.47 Å². The van der Waals surface area contributed by atoms with Gasteiger partial charge in [0.05, 0.1) is 10.8 Å². The van der Waals surface area contributed by atoms with Gasteiger partial charge in [-0.3, -0.25) is 19.2 Å². The molecule has 0 fully saturated rings. The molecule has 201 valence electrons. The molecule has 0 aromatic carbocycles. The fraction of sp³-hybridized carbons (Fsp3) is 0.760. The molecule has 0 bridgehead atoms. The van der Waals surface area contributed by atoms with Crippen molar-refractivity contribution in [3.05, 3.63) is 0 Å². The molecule has 0 radical (unpaired) electrons. The molecule has 0 aliphatic rings. The van der Waals surface area contributed by atoms with Gasteiger partial charge in [-0.25, -0.2) is 9.59 Å². The van der Waals surface area contributed by atoms with E-state index in [0.717, 1.165) is 0 Å². The molecule has 0 saturated carbocycles. The summed E-state index contributed by atoms with van der Waals surface area (Å²) in [5, 5.41) is 0. The number of Topliss-reactive ketones (excluding diaryl/α,β-unsaturated/α-hetero) is 2. The Kier molecular flexibility index (Phi) is 16.0. The van der Waals surface area contributed by atoms with Gasteiger partial charge < -0.3 is 9.47 Å². The zero-order chi connectivity index (χ0) is 29.2. The number of hydrogen-bond donors (Lipinski definition) is 0. The molecule has 0 aromatic rings. The number of carbonyl (C=O) groups excluding carboxylic acids is 6. The molecule has 10 heteroatoms. The van der Waals surface area contributed by atoms with Gasteiger partial charge >= 0.3 is 68.0 Å². The summed E-state index contributed by atoms with van der Waals surface area (Å²) < 4.78 is 13.7. The minimum atomic E-state index is -1.08. The molecule has 0 aliphatic heterocycles. The standard InChI is InChI=1S/2C11H18O4.C3H7O.Ti/c2*1-10(2,3)7(12)8(13)15-9(14)11(4,5)6;1-3(2)4;/h2*1-6H3;3H,1-2H3;/q;;-1;+1. The number of esters is 4. The van der Waals surface area contributed by atoms with Gasteiger partial charge in [0, 0.05) is 10.8 Å². The Labute approximate surface area is 222 Å². The van der Waals surface area contributed by atoms with Crippen LogP contribution in [0.15, 0.2) is 0 Å². The first-order valence-electron chi connectivity index (χ1n) is 11.1. The van der Waals surface area contributed by atoms with E-state index in [1.807, 2.05) is 13.8 Å². The number of hydrogen-bond acceptors (Lipinski definition) is 9. The number of ketones is 2. The molecule has 0 atom stereocenters. The average molecular weight is 535 g/mol. The Balaban J connectivity index is -0.000000491. The predicted molar refractivity (Wildman–Crippen MR) is 126 cm³/mol. The van der Waals surface area contributed by atoms with Gasteiger partial charge in [0.15, 0.2) is 0 Å². The molecule has 0 rings (SSSR count). The summed E-state index contributed by atoms with van der Waals surface area (Å²) in [6.45, 7) is 23.3. The maximum atomic E-state index is 11.4. The maximum absolute atomic E-state index is 11.4. The van der Waals surface area contributed by atoms with Crippen molar-refractivity contribution in [3.63, 3.8) is 0 Å². The van der Waals surface area contributed by atoms with Gasteiger partial charge in [-0.2, -0.15) is 0 Å². The molecule has 0 aromatic heterocycles. The quantitative estimate of drug-likeness (QED) is 0.225. The summed E-state index contributed by atoms with van der Waals surface area (Å²) in [7, 11) is 0. The van der Waals surface area contributed by atoms with Crippen molar-refractivity contribution in [1.82, 2.24) is 0 Å². The van der Waals surface area contributed by atoms with Crippen LogP contribution in [0, 0.1) is 21.7 Å². The minimum absolute atomic E-state index is 0.384. The number of rotatable bonds is 3. The third-order valence-corrected chi connectivity index (χ3v) is 4.30. The van der Waals surface area contributed by atoms with Gasteiger partial charge in [0.1, 0.15) is 0 Å². The van der Waals surface area contributed by atoms with Crippen LogP contribution in [0.4, 0.5) is 0 Å². The van der Waals surface area contributed by atoms with Gasteiger partial charge in [0.25, 0.3) is 0 Å². The summed E-state index contributed by atoms with van der Waals surface area (Å²) in [6, 6.07) is 0. The van der Waals surface area contributed by atoms with Crippen molar-refractivity contribution >= 4 is 35.4 Å². The monoisotopic (exact) mass is 535 g/mol. The average Bonchev–Trinajstić information content (AvgIpc) is 2.64. The molecule has 9 nitrogen and oxygen atoms in total. The number of ether oxygens (including phenoxy) is 2. The molecule has 0 heterocycles. The zero-order valence-corrected chi connectivity index (χ0v) is 25.3. The van der Waals surface area contributed by atoms with Crippen molar-refractivity contribution in [3.8, 4) is 0 Å². The molecule has 35 heavy (non-hydrogen) atoms. The summed E-state index contributed by atoms with van der Waals surface area (Å²) in [6.07, 6.45) is 0.384.